The van der Waals surface area contributed by atoms with E-state index in [0.29, 0.717) is 17.9 Å². The van der Waals surface area contributed by atoms with Gasteiger partial charge < -0.3 is 9.30 Å². The normalized spacial score (nSPS) is 11.0. The van der Waals surface area contributed by atoms with E-state index in [-0.39, 0.29) is 11.7 Å². The zero-order valence-corrected chi connectivity index (χ0v) is 16.5. The van der Waals surface area contributed by atoms with E-state index in [1.807, 2.05) is 36.6 Å². The Balaban J connectivity index is 1.93. The van der Waals surface area contributed by atoms with E-state index in [4.69, 9.17) is 4.74 Å². The summed E-state index contributed by atoms with van der Waals surface area (Å²) in [7, 11) is 0. The highest BCUT2D eigenvalue weighted by atomic mass is 16.6. The van der Waals surface area contributed by atoms with Gasteiger partial charge in [0.15, 0.2) is 0 Å². The minimum Gasteiger partial charge on any atom is -0.462 e. The molecule has 0 saturated carbocycles. The first kappa shape index (κ1) is 20.0. The lowest BCUT2D eigenvalue weighted by molar-refractivity contribution is -0.384. The first-order valence-electron chi connectivity index (χ1n) is 9.15. The molecule has 7 heteroatoms. The molecule has 0 amide bonds. The van der Waals surface area contributed by atoms with E-state index in [2.05, 4.69) is 4.99 Å². The van der Waals surface area contributed by atoms with E-state index in [1.54, 1.807) is 37.4 Å². The third kappa shape index (κ3) is 4.40. The van der Waals surface area contributed by atoms with Crippen LogP contribution in [0.2, 0.25) is 0 Å². The Morgan fingerprint density at radius 1 is 1.17 bits per heavy atom. The number of hydrogen-bond donors (Lipinski definition) is 0. The van der Waals surface area contributed by atoms with Gasteiger partial charge in [-0.3, -0.25) is 15.1 Å². The molecule has 0 bridgehead atoms. The van der Waals surface area contributed by atoms with E-state index in [1.165, 1.54) is 12.1 Å². The number of hydrogen-bond acceptors (Lipinski definition) is 5. The number of nitro groups is 1. The quantitative estimate of drug-likeness (QED) is 0.258. The van der Waals surface area contributed by atoms with Gasteiger partial charge in [0.1, 0.15) is 0 Å². The summed E-state index contributed by atoms with van der Waals surface area (Å²) in [5.74, 6) is -0.357. The van der Waals surface area contributed by atoms with Gasteiger partial charge in [0.25, 0.3) is 5.69 Å². The van der Waals surface area contributed by atoms with Crippen molar-refractivity contribution in [3.63, 3.8) is 0 Å². The molecular formula is C22H21N3O4. The smallest absolute Gasteiger partial charge is 0.338 e. The second kappa shape index (κ2) is 8.52. The number of nitro benzene ring substituents is 1. The van der Waals surface area contributed by atoms with Crippen LogP contribution in [0.25, 0.3) is 5.69 Å². The van der Waals surface area contributed by atoms with Crippen molar-refractivity contribution in [3.8, 4) is 5.69 Å². The largest absolute Gasteiger partial charge is 0.462 e. The van der Waals surface area contributed by atoms with Crippen LogP contribution < -0.4 is 0 Å². The molecule has 0 aliphatic rings. The SMILES string of the molecule is CCOC(=O)c1cccc(-n2c(C)cc(C=Nc3cccc([N+](=O)[O-])c3)c2C)c1. The topological polar surface area (TPSA) is 86.7 Å². The van der Waals surface area contributed by atoms with Crippen LogP contribution >= 0.6 is 0 Å². The van der Waals surface area contributed by atoms with E-state index >= 15 is 0 Å². The highest BCUT2D eigenvalue weighted by Gasteiger charge is 2.13. The van der Waals surface area contributed by atoms with Crippen LogP contribution in [0.1, 0.15) is 34.2 Å². The fraction of sp³-hybridized carbons (Fsp3) is 0.182. The number of benzene rings is 2. The van der Waals surface area contributed by atoms with Crippen LogP contribution in [0.5, 0.6) is 0 Å². The van der Waals surface area contributed by atoms with Crippen molar-refractivity contribution < 1.29 is 14.5 Å². The molecule has 3 aromatic rings. The highest BCUT2D eigenvalue weighted by molar-refractivity contribution is 5.90. The molecule has 0 aliphatic carbocycles. The molecule has 0 atom stereocenters. The number of carbonyl (C=O) groups excluding carboxylic acids is 1. The lowest BCUT2D eigenvalue weighted by atomic mass is 10.2. The number of carbonyl (C=O) groups is 1. The van der Waals surface area contributed by atoms with Crippen LogP contribution in [0, 0.1) is 24.0 Å². The van der Waals surface area contributed by atoms with Crippen LogP contribution in [-0.2, 0) is 4.74 Å². The minimum absolute atomic E-state index is 0.000836. The standard InChI is InChI=1S/C22H21N3O4/c1-4-29-22(26)17-7-5-9-20(12-17)24-15(2)11-18(16(24)3)14-23-19-8-6-10-21(13-19)25(27)28/h5-14H,4H2,1-3H3. The van der Waals surface area contributed by atoms with Crippen molar-refractivity contribution in [3.05, 3.63) is 87.2 Å². The summed E-state index contributed by atoms with van der Waals surface area (Å²) in [6, 6.07) is 15.4. The predicted octanol–water partition coefficient (Wildman–Crippen LogP) is 4.93. The minimum atomic E-state index is -0.443. The molecule has 1 aromatic heterocycles. The second-order valence-electron chi connectivity index (χ2n) is 6.47. The summed E-state index contributed by atoms with van der Waals surface area (Å²) in [5, 5.41) is 10.9. The van der Waals surface area contributed by atoms with Gasteiger partial charge in [0.2, 0.25) is 0 Å². The maximum atomic E-state index is 12.0. The van der Waals surface area contributed by atoms with Gasteiger partial charge in [-0.25, -0.2) is 4.79 Å². The third-order valence-corrected chi connectivity index (χ3v) is 4.48. The van der Waals surface area contributed by atoms with Crippen LogP contribution in [0.4, 0.5) is 11.4 Å². The van der Waals surface area contributed by atoms with Gasteiger partial charge in [-0.1, -0.05) is 12.1 Å². The monoisotopic (exact) mass is 391 g/mol. The number of nitrogens with zero attached hydrogens (tertiary/aromatic N) is 3. The molecular weight excluding hydrogens is 370 g/mol. The summed E-state index contributed by atoms with van der Waals surface area (Å²) >= 11 is 0. The Morgan fingerprint density at radius 2 is 1.93 bits per heavy atom. The fourth-order valence-electron chi connectivity index (χ4n) is 3.13. The third-order valence-electron chi connectivity index (χ3n) is 4.48. The van der Waals surface area contributed by atoms with E-state index < -0.39 is 4.92 Å². The van der Waals surface area contributed by atoms with E-state index in [0.717, 1.165) is 22.6 Å². The lowest BCUT2D eigenvalue weighted by Crippen LogP contribution is -2.06. The number of aliphatic imine (C=N–C) groups is 1. The summed E-state index contributed by atoms with van der Waals surface area (Å²) in [6.07, 6.45) is 1.69. The molecule has 0 unspecified atom stereocenters. The number of esters is 1. The molecule has 2 aromatic carbocycles. The molecule has 29 heavy (non-hydrogen) atoms. The van der Waals surface area contributed by atoms with Crippen LogP contribution in [0.15, 0.2) is 59.6 Å². The first-order chi connectivity index (χ1) is 13.9. The zero-order chi connectivity index (χ0) is 21.0. The van der Waals surface area contributed by atoms with Crippen molar-refractivity contribution in [2.45, 2.75) is 20.8 Å². The van der Waals surface area contributed by atoms with Crippen molar-refractivity contribution in [2.75, 3.05) is 6.61 Å². The van der Waals surface area contributed by atoms with Crippen LogP contribution in [0.3, 0.4) is 0 Å². The molecule has 3 rings (SSSR count). The molecule has 1 heterocycles. The van der Waals surface area contributed by atoms with Gasteiger partial charge in [0.05, 0.1) is 22.8 Å². The molecule has 0 N–H and O–H groups in total. The molecule has 0 spiro atoms. The Kier molecular flexibility index (Phi) is 5.87. The summed E-state index contributed by atoms with van der Waals surface area (Å²) in [6.45, 7) is 6.02. The molecule has 0 aliphatic heterocycles. The Labute approximate surface area is 168 Å². The number of rotatable bonds is 6. The Hall–Kier alpha value is -3.74. The average Bonchev–Trinajstić information content (AvgIpc) is 3.00. The number of non-ortho nitro benzene ring substituents is 1. The molecule has 148 valence electrons. The maximum Gasteiger partial charge on any atom is 0.338 e. The molecule has 0 radical (unpaired) electrons. The number of aromatic nitrogens is 1. The average molecular weight is 391 g/mol. The van der Waals surface area contributed by atoms with E-state index in [9.17, 15) is 14.9 Å². The van der Waals surface area contributed by atoms with Crippen molar-refractivity contribution in [2.24, 2.45) is 4.99 Å². The molecule has 7 nitrogen and oxygen atoms in total. The molecule has 0 saturated heterocycles. The van der Waals surface area contributed by atoms with Gasteiger partial charge >= 0.3 is 5.97 Å². The lowest BCUT2D eigenvalue weighted by Gasteiger charge is -2.11. The predicted molar refractivity (Wildman–Crippen MR) is 112 cm³/mol. The summed E-state index contributed by atoms with van der Waals surface area (Å²) < 4.78 is 7.11. The molecule has 0 fully saturated rings. The van der Waals surface area contributed by atoms with Gasteiger partial charge in [-0.15, -0.1) is 0 Å². The Bertz CT molecular complexity index is 1100. The summed E-state index contributed by atoms with van der Waals surface area (Å²) in [4.78, 5) is 26.9. The first-order valence-corrected chi connectivity index (χ1v) is 9.15. The number of aryl methyl sites for hydroxylation is 1. The van der Waals surface area contributed by atoms with Gasteiger partial charge in [-0.2, -0.15) is 0 Å². The zero-order valence-electron chi connectivity index (χ0n) is 16.5. The number of ether oxygens (including phenoxy) is 1. The highest BCUT2D eigenvalue weighted by Crippen LogP contribution is 2.23. The van der Waals surface area contributed by atoms with Crippen molar-refractivity contribution in [1.82, 2.24) is 4.57 Å². The second-order valence-corrected chi connectivity index (χ2v) is 6.47. The maximum absolute atomic E-state index is 12.0. The Morgan fingerprint density at radius 3 is 2.66 bits per heavy atom. The van der Waals surface area contributed by atoms with Crippen LogP contribution in [-0.4, -0.2) is 28.3 Å². The van der Waals surface area contributed by atoms with Gasteiger partial charge in [-0.05, 0) is 51.1 Å². The fourth-order valence-corrected chi connectivity index (χ4v) is 3.13. The summed E-state index contributed by atoms with van der Waals surface area (Å²) in [5.41, 5.74) is 4.65. The van der Waals surface area contributed by atoms with Gasteiger partial charge in [0, 0.05) is 41.0 Å². The van der Waals surface area contributed by atoms with Crippen molar-refractivity contribution in [1.29, 1.82) is 0 Å². The van der Waals surface area contributed by atoms with Crippen molar-refractivity contribution >= 4 is 23.6 Å².